The second-order valence-electron chi connectivity index (χ2n) is 6.37. The van der Waals surface area contributed by atoms with Gasteiger partial charge in [-0.15, -0.1) is 0 Å². The fourth-order valence-electron chi connectivity index (χ4n) is 2.80. The molecule has 1 aliphatic rings. The van der Waals surface area contributed by atoms with Gasteiger partial charge in [-0.25, -0.2) is 9.97 Å². The number of hydrogen-bond donors (Lipinski definition) is 2. The number of nitrogens with one attached hydrogen (secondary N) is 2. The van der Waals surface area contributed by atoms with E-state index in [1.54, 1.807) is 7.11 Å². The van der Waals surface area contributed by atoms with Crippen LogP contribution in [0.15, 0.2) is 54.9 Å². The van der Waals surface area contributed by atoms with E-state index in [4.69, 9.17) is 14.2 Å². The number of anilines is 1. The van der Waals surface area contributed by atoms with Crippen LogP contribution < -0.4 is 24.8 Å². The molecule has 8 heteroatoms. The molecule has 0 saturated carbocycles. The third kappa shape index (κ3) is 4.55. The van der Waals surface area contributed by atoms with E-state index in [0.29, 0.717) is 24.6 Å². The average Bonchev–Trinajstić information content (AvgIpc) is 3.24. The number of nitrogens with zero attached hydrogens (tertiary/aromatic N) is 2. The molecule has 0 saturated heterocycles. The van der Waals surface area contributed by atoms with E-state index in [9.17, 15) is 4.79 Å². The first-order valence-electron chi connectivity index (χ1n) is 9.07. The van der Waals surface area contributed by atoms with E-state index in [-0.39, 0.29) is 12.7 Å². The molecule has 3 aromatic rings. The predicted octanol–water partition coefficient (Wildman–Crippen LogP) is 2.76. The Bertz CT molecular complexity index is 991. The summed E-state index contributed by atoms with van der Waals surface area (Å²) in [6, 6.07) is 13.2. The molecule has 0 spiro atoms. The van der Waals surface area contributed by atoms with Gasteiger partial charge in [0.2, 0.25) is 12.7 Å². The number of amides is 1. The molecule has 2 aromatic carbocycles. The van der Waals surface area contributed by atoms with Crippen molar-refractivity contribution in [2.45, 2.75) is 13.1 Å². The molecule has 0 fully saturated rings. The van der Waals surface area contributed by atoms with Gasteiger partial charge in [-0.05, 0) is 35.4 Å². The molecule has 0 bridgehead atoms. The second-order valence-corrected chi connectivity index (χ2v) is 6.37. The smallest absolute Gasteiger partial charge is 0.254 e. The standard InChI is InChI=1S/C21H20N4O4/c1-27-17-5-2-14(3-6-17)9-22-20(26)16-11-24-21(25-12-16)23-10-15-4-7-18-19(8-15)29-13-28-18/h2-8,11-12H,9-10,13H2,1H3,(H,22,26)(H,23,24,25). The van der Waals surface area contributed by atoms with E-state index in [1.807, 2.05) is 42.5 Å². The normalized spacial score (nSPS) is 11.8. The van der Waals surface area contributed by atoms with Gasteiger partial charge in [0.05, 0.1) is 12.7 Å². The van der Waals surface area contributed by atoms with Gasteiger partial charge in [-0.1, -0.05) is 18.2 Å². The minimum Gasteiger partial charge on any atom is -0.497 e. The number of hydrogen-bond acceptors (Lipinski definition) is 7. The molecule has 0 radical (unpaired) electrons. The fraction of sp³-hybridized carbons (Fsp3) is 0.190. The summed E-state index contributed by atoms with van der Waals surface area (Å²) in [5.74, 6) is 2.46. The average molecular weight is 392 g/mol. The minimum absolute atomic E-state index is 0.233. The molecule has 0 unspecified atom stereocenters. The quantitative estimate of drug-likeness (QED) is 0.638. The molecule has 148 valence electrons. The van der Waals surface area contributed by atoms with Crippen molar-refractivity contribution >= 4 is 11.9 Å². The van der Waals surface area contributed by atoms with Crippen LogP contribution in [0.3, 0.4) is 0 Å². The van der Waals surface area contributed by atoms with Crippen LogP contribution >= 0.6 is 0 Å². The van der Waals surface area contributed by atoms with Crippen molar-refractivity contribution in [2.75, 3.05) is 19.2 Å². The van der Waals surface area contributed by atoms with Crippen LogP contribution in [0.1, 0.15) is 21.5 Å². The van der Waals surface area contributed by atoms with E-state index in [2.05, 4.69) is 20.6 Å². The Hall–Kier alpha value is -3.81. The van der Waals surface area contributed by atoms with Gasteiger partial charge in [0.25, 0.3) is 5.91 Å². The van der Waals surface area contributed by atoms with Gasteiger partial charge in [-0.2, -0.15) is 0 Å². The summed E-state index contributed by atoms with van der Waals surface area (Å²) < 4.78 is 15.8. The Balaban J connectivity index is 1.29. The zero-order chi connectivity index (χ0) is 20.1. The Labute approximate surface area is 167 Å². The molecule has 1 amide bonds. The molecular formula is C21H20N4O4. The third-order valence-electron chi connectivity index (χ3n) is 4.41. The minimum atomic E-state index is -0.233. The Morgan fingerprint density at radius 1 is 1.00 bits per heavy atom. The molecule has 1 aliphatic heterocycles. The summed E-state index contributed by atoms with van der Waals surface area (Å²) in [6.45, 7) is 1.18. The molecule has 0 aliphatic carbocycles. The largest absolute Gasteiger partial charge is 0.497 e. The lowest BCUT2D eigenvalue weighted by Crippen LogP contribution is -2.23. The second kappa shape index (κ2) is 8.47. The molecule has 8 nitrogen and oxygen atoms in total. The SMILES string of the molecule is COc1ccc(CNC(=O)c2cnc(NCc3ccc4c(c3)OCO4)nc2)cc1. The van der Waals surface area contributed by atoms with Crippen LogP contribution in [0.5, 0.6) is 17.2 Å². The van der Waals surface area contributed by atoms with Crippen molar-refractivity contribution < 1.29 is 19.0 Å². The molecule has 0 atom stereocenters. The highest BCUT2D eigenvalue weighted by Gasteiger charge is 2.13. The van der Waals surface area contributed by atoms with Crippen LogP contribution in [0.25, 0.3) is 0 Å². The van der Waals surface area contributed by atoms with Crippen molar-refractivity contribution in [2.24, 2.45) is 0 Å². The zero-order valence-corrected chi connectivity index (χ0v) is 15.8. The van der Waals surface area contributed by atoms with Crippen LogP contribution in [-0.2, 0) is 13.1 Å². The van der Waals surface area contributed by atoms with Crippen molar-refractivity contribution in [3.63, 3.8) is 0 Å². The summed E-state index contributed by atoms with van der Waals surface area (Å²) in [7, 11) is 1.62. The van der Waals surface area contributed by atoms with E-state index in [0.717, 1.165) is 28.4 Å². The molecule has 4 rings (SSSR count). The molecule has 29 heavy (non-hydrogen) atoms. The Morgan fingerprint density at radius 3 is 2.48 bits per heavy atom. The fourth-order valence-corrected chi connectivity index (χ4v) is 2.80. The summed E-state index contributed by atoms with van der Waals surface area (Å²) in [5, 5.41) is 5.97. The molecule has 1 aromatic heterocycles. The number of carbonyl (C=O) groups excluding carboxylic acids is 1. The highest BCUT2D eigenvalue weighted by Crippen LogP contribution is 2.32. The highest BCUT2D eigenvalue weighted by molar-refractivity contribution is 5.93. The van der Waals surface area contributed by atoms with Crippen LogP contribution in [0.4, 0.5) is 5.95 Å². The lowest BCUT2D eigenvalue weighted by Gasteiger charge is -2.08. The van der Waals surface area contributed by atoms with Crippen molar-refractivity contribution in [1.29, 1.82) is 0 Å². The van der Waals surface area contributed by atoms with E-state index in [1.165, 1.54) is 12.4 Å². The van der Waals surface area contributed by atoms with Crippen molar-refractivity contribution in [1.82, 2.24) is 15.3 Å². The number of carbonyl (C=O) groups is 1. The van der Waals surface area contributed by atoms with E-state index < -0.39 is 0 Å². The van der Waals surface area contributed by atoms with Gasteiger partial charge in [-0.3, -0.25) is 4.79 Å². The predicted molar refractivity (Wildman–Crippen MR) is 106 cm³/mol. The number of benzene rings is 2. The maximum atomic E-state index is 12.3. The lowest BCUT2D eigenvalue weighted by molar-refractivity contribution is 0.0950. The van der Waals surface area contributed by atoms with Gasteiger partial charge in [0.1, 0.15) is 5.75 Å². The summed E-state index contributed by atoms with van der Waals surface area (Å²) in [6.07, 6.45) is 3.00. The Morgan fingerprint density at radius 2 is 1.72 bits per heavy atom. The van der Waals surface area contributed by atoms with Gasteiger partial charge in [0, 0.05) is 25.5 Å². The zero-order valence-electron chi connectivity index (χ0n) is 15.8. The van der Waals surface area contributed by atoms with Crippen molar-refractivity contribution in [3.05, 3.63) is 71.5 Å². The Kier molecular flexibility index (Phi) is 5.42. The molecular weight excluding hydrogens is 372 g/mol. The molecule has 2 N–H and O–H groups in total. The maximum absolute atomic E-state index is 12.3. The number of ether oxygens (including phenoxy) is 3. The summed E-state index contributed by atoms with van der Waals surface area (Å²) >= 11 is 0. The van der Waals surface area contributed by atoms with Crippen LogP contribution in [0, 0.1) is 0 Å². The first kappa shape index (κ1) is 18.5. The van der Waals surface area contributed by atoms with Crippen LogP contribution in [0.2, 0.25) is 0 Å². The number of aromatic nitrogens is 2. The lowest BCUT2D eigenvalue weighted by atomic mass is 10.2. The number of fused-ring (bicyclic) bond motifs is 1. The number of methoxy groups -OCH3 is 1. The summed E-state index contributed by atoms with van der Waals surface area (Å²) in [5.41, 5.74) is 2.38. The molecule has 2 heterocycles. The third-order valence-corrected chi connectivity index (χ3v) is 4.41. The topological polar surface area (TPSA) is 94.6 Å². The van der Waals surface area contributed by atoms with E-state index >= 15 is 0 Å². The first-order chi connectivity index (χ1) is 14.2. The first-order valence-corrected chi connectivity index (χ1v) is 9.07. The van der Waals surface area contributed by atoms with Gasteiger partial charge < -0.3 is 24.8 Å². The monoisotopic (exact) mass is 392 g/mol. The maximum Gasteiger partial charge on any atom is 0.254 e. The van der Waals surface area contributed by atoms with Gasteiger partial charge in [0.15, 0.2) is 11.5 Å². The highest BCUT2D eigenvalue weighted by atomic mass is 16.7. The van der Waals surface area contributed by atoms with Crippen LogP contribution in [-0.4, -0.2) is 29.8 Å². The number of rotatable bonds is 7. The van der Waals surface area contributed by atoms with Crippen molar-refractivity contribution in [3.8, 4) is 17.2 Å². The summed E-state index contributed by atoms with van der Waals surface area (Å²) in [4.78, 5) is 20.7. The van der Waals surface area contributed by atoms with Gasteiger partial charge >= 0.3 is 0 Å².